The van der Waals surface area contributed by atoms with Gasteiger partial charge in [-0.2, -0.15) is 0 Å². The van der Waals surface area contributed by atoms with Gasteiger partial charge in [0.2, 0.25) is 5.91 Å². The molecule has 2 unspecified atom stereocenters. The average Bonchev–Trinajstić information content (AvgIpc) is 3.03. The molecule has 1 N–H and O–H groups in total. The molecule has 8 heteroatoms. The lowest BCUT2D eigenvalue weighted by molar-refractivity contribution is -0.119. The van der Waals surface area contributed by atoms with E-state index in [1.54, 1.807) is 0 Å². The maximum atomic E-state index is 12.2. The highest BCUT2D eigenvalue weighted by molar-refractivity contribution is 7.99. The van der Waals surface area contributed by atoms with Crippen molar-refractivity contribution in [2.24, 2.45) is 0 Å². The van der Waals surface area contributed by atoms with Gasteiger partial charge in [-0.1, -0.05) is 36.7 Å². The summed E-state index contributed by atoms with van der Waals surface area (Å²) in [6.07, 6.45) is 2.02. The number of hydrogen-bond acceptors (Lipinski definition) is 5. The molecule has 1 aromatic heterocycles. The minimum Gasteiger partial charge on any atom is -0.353 e. The van der Waals surface area contributed by atoms with Crippen LogP contribution >= 0.6 is 23.4 Å². The fraction of sp³-hybridized carbons (Fsp3) is 0.526. The summed E-state index contributed by atoms with van der Waals surface area (Å²) in [6.45, 7) is 6.21. The topological polar surface area (TPSA) is 63.1 Å². The van der Waals surface area contributed by atoms with Crippen molar-refractivity contribution in [2.45, 2.75) is 50.9 Å². The molecule has 2 aromatic rings. The molecule has 0 aliphatic rings. The number of halogens is 1. The third-order valence-electron chi connectivity index (χ3n) is 4.35. The van der Waals surface area contributed by atoms with Crippen molar-refractivity contribution >= 4 is 29.3 Å². The summed E-state index contributed by atoms with van der Waals surface area (Å²) in [5, 5.41) is 13.1. The minimum absolute atomic E-state index is 0.00816. The zero-order valence-electron chi connectivity index (χ0n) is 16.6. The molecule has 0 saturated carbocycles. The second kappa shape index (κ2) is 10.1. The molecule has 0 aliphatic carbocycles. The number of thioether (sulfide) groups is 1. The summed E-state index contributed by atoms with van der Waals surface area (Å²) in [5.41, 5.74) is 0.926. The van der Waals surface area contributed by atoms with Crippen LogP contribution in [0.15, 0.2) is 29.4 Å². The number of carbonyl (C=O) groups excluding carboxylic acids is 1. The van der Waals surface area contributed by atoms with E-state index in [1.807, 2.05) is 49.9 Å². The van der Waals surface area contributed by atoms with Crippen LogP contribution < -0.4 is 5.32 Å². The van der Waals surface area contributed by atoms with E-state index < -0.39 is 0 Å². The molecule has 0 spiro atoms. The molecule has 27 heavy (non-hydrogen) atoms. The Morgan fingerprint density at radius 1 is 1.26 bits per heavy atom. The Labute approximate surface area is 170 Å². The number of amides is 1. The lowest BCUT2D eigenvalue weighted by atomic mass is 10.2. The first-order chi connectivity index (χ1) is 12.8. The van der Waals surface area contributed by atoms with E-state index in [2.05, 4.69) is 34.3 Å². The number of carbonyl (C=O) groups is 1. The average molecular weight is 410 g/mol. The maximum Gasteiger partial charge on any atom is 0.230 e. The monoisotopic (exact) mass is 409 g/mol. The highest BCUT2D eigenvalue weighted by atomic mass is 35.5. The molecular formula is C19H28ClN5OS. The molecule has 1 heterocycles. The highest BCUT2D eigenvalue weighted by Gasteiger charge is 2.21. The van der Waals surface area contributed by atoms with Crippen molar-refractivity contribution in [3.05, 3.63) is 35.1 Å². The normalized spacial score (nSPS) is 13.6. The first-order valence-electron chi connectivity index (χ1n) is 9.13. The second-order valence-electron chi connectivity index (χ2n) is 6.84. The largest absolute Gasteiger partial charge is 0.353 e. The van der Waals surface area contributed by atoms with E-state index in [-0.39, 0.29) is 18.0 Å². The first-order valence-corrected chi connectivity index (χ1v) is 10.5. The summed E-state index contributed by atoms with van der Waals surface area (Å²) >= 11 is 7.43. The molecule has 0 aliphatic heterocycles. The smallest absolute Gasteiger partial charge is 0.230 e. The fourth-order valence-electron chi connectivity index (χ4n) is 2.66. The Morgan fingerprint density at radius 2 is 1.93 bits per heavy atom. The van der Waals surface area contributed by atoms with E-state index >= 15 is 0 Å². The van der Waals surface area contributed by atoms with Crippen LogP contribution in [0.3, 0.4) is 0 Å². The molecular weight excluding hydrogens is 382 g/mol. The van der Waals surface area contributed by atoms with E-state index in [0.717, 1.165) is 24.4 Å². The van der Waals surface area contributed by atoms with Crippen molar-refractivity contribution in [2.75, 3.05) is 19.8 Å². The van der Waals surface area contributed by atoms with Crippen LogP contribution in [0, 0.1) is 0 Å². The Hall–Kier alpha value is -1.57. The summed E-state index contributed by atoms with van der Waals surface area (Å²) in [6, 6.07) is 7.81. The van der Waals surface area contributed by atoms with Gasteiger partial charge in [0, 0.05) is 16.8 Å². The SMILES string of the molecule is CCCC(C)NC(=O)CSc1nnc(C(C)N(C)C)n1-c1ccc(Cl)cc1. The molecule has 0 fully saturated rings. The van der Waals surface area contributed by atoms with Crippen LogP contribution in [0.5, 0.6) is 0 Å². The third kappa shape index (κ3) is 5.96. The molecule has 2 atom stereocenters. The fourth-order valence-corrected chi connectivity index (χ4v) is 3.56. The van der Waals surface area contributed by atoms with Gasteiger partial charge in [-0.3, -0.25) is 14.3 Å². The van der Waals surface area contributed by atoms with Crippen molar-refractivity contribution in [3.63, 3.8) is 0 Å². The van der Waals surface area contributed by atoms with Crippen molar-refractivity contribution < 1.29 is 4.79 Å². The quantitative estimate of drug-likeness (QED) is 0.635. The first kappa shape index (κ1) is 21.7. The predicted octanol–water partition coefficient (Wildman–Crippen LogP) is 3.94. The van der Waals surface area contributed by atoms with Gasteiger partial charge in [0.1, 0.15) is 0 Å². The van der Waals surface area contributed by atoms with Crippen LogP contribution in [0.1, 0.15) is 45.5 Å². The van der Waals surface area contributed by atoms with Crippen molar-refractivity contribution in [1.82, 2.24) is 25.0 Å². The van der Waals surface area contributed by atoms with Gasteiger partial charge < -0.3 is 5.32 Å². The van der Waals surface area contributed by atoms with Crippen LogP contribution in [0.2, 0.25) is 5.02 Å². The second-order valence-corrected chi connectivity index (χ2v) is 8.22. The molecule has 0 bridgehead atoms. The van der Waals surface area contributed by atoms with Crippen LogP contribution in [-0.2, 0) is 4.79 Å². The van der Waals surface area contributed by atoms with Gasteiger partial charge in [0.15, 0.2) is 11.0 Å². The standard InChI is InChI=1S/C19H28ClN5OS/c1-6-7-13(2)21-17(26)12-27-19-23-22-18(14(3)24(4)5)25(19)16-10-8-15(20)9-11-16/h8-11,13-14H,6-7,12H2,1-5H3,(H,21,26). The van der Waals surface area contributed by atoms with Crippen LogP contribution in [0.25, 0.3) is 5.69 Å². The van der Waals surface area contributed by atoms with Crippen molar-refractivity contribution in [3.8, 4) is 5.69 Å². The molecule has 2 rings (SSSR count). The predicted molar refractivity (Wildman–Crippen MR) is 112 cm³/mol. The summed E-state index contributed by atoms with van der Waals surface area (Å²) in [4.78, 5) is 14.3. The summed E-state index contributed by atoms with van der Waals surface area (Å²) in [7, 11) is 4.00. The molecule has 0 saturated heterocycles. The number of nitrogens with one attached hydrogen (secondary N) is 1. The van der Waals surface area contributed by atoms with Crippen LogP contribution in [-0.4, -0.2) is 51.5 Å². The van der Waals surface area contributed by atoms with E-state index in [0.29, 0.717) is 15.9 Å². The zero-order valence-corrected chi connectivity index (χ0v) is 18.1. The van der Waals surface area contributed by atoms with Crippen LogP contribution in [0.4, 0.5) is 0 Å². The lowest BCUT2D eigenvalue weighted by Crippen LogP contribution is -2.33. The zero-order chi connectivity index (χ0) is 20.0. The van der Waals surface area contributed by atoms with Gasteiger partial charge in [0.25, 0.3) is 0 Å². The Bertz CT molecular complexity index is 747. The molecule has 6 nitrogen and oxygen atoms in total. The van der Waals surface area contributed by atoms with Gasteiger partial charge in [-0.05, 0) is 58.6 Å². The van der Waals surface area contributed by atoms with Gasteiger partial charge in [0.05, 0.1) is 11.8 Å². The summed E-state index contributed by atoms with van der Waals surface area (Å²) in [5.74, 6) is 1.13. The molecule has 148 valence electrons. The van der Waals surface area contributed by atoms with Gasteiger partial charge in [-0.25, -0.2) is 0 Å². The molecule has 1 aromatic carbocycles. The lowest BCUT2D eigenvalue weighted by Gasteiger charge is -2.20. The number of hydrogen-bond donors (Lipinski definition) is 1. The van der Waals surface area contributed by atoms with E-state index in [9.17, 15) is 4.79 Å². The summed E-state index contributed by atoms with van der Waals surface area (Å²) < 4.78 is 1.99. The van der Waals surface area contributed by atoms with E-state index in [4.69, 9.17) is 11.6 Å². The van der Waals surface area contributed by atoms with E-state index in [1.165, 1.54) is 11.8 Å². The molecule has 0 radical (unpaired) electrons. The van der Waals surface area contributed by atoms with Crippen molar-refractivity contribution in [1.29, 1.82) is 0 Å². The number of aromatic nitrogens is 3. The number of nitrogens with zero attached hydrogens (tertiary/aromatic N) is 4. The Kier molecular flexibility index (Phi) is 8.13. The maximum absolute atomic E-state index is 12.2. The number of benzene rings is 1. The molecule has 1 amide bonds. The Morgan fingerprint density at radius 3 is 2.52 bits per heavy atom. The number of rotatable bonds is 9. The third-order valence-corrected chi connectivity index (χ3v) is 5.53. The minimum atomic E-state index is 0.00816. The van der Waals surface area contributed by atoms with Gasteiger partial charge in [-0.15, -0.1) is 10.2 Å². The van der Waals surface area contributed by atoms with Gasteiger partial charge >= 0.3 is 0 Å². The Balaban J connectivity index is 2.23. The highest BCUT2D eigenvalue weighted by Crippen LogP contribution is 2.27.